The summed E-state index contributed by atoms with van der Waals surface area (Å²) >= 11 is 0. The minimum atomic E-state index is -0.339. The van der Waals surface area contributed by atoms with E-state index < -0.39 is 0 Å². The predicted octanol–water partition coefficient (Wildman–Crippen LogP) is 28.3. The average Bonchev–Trinajstić information content (AvgIpc) is 1.52. The Morgan fingerprint density at radius 2 is 0.357 bits per heavy atom. The highest BCUT2D eigenvalue weighted by Gasteiger charge is 2.53. The van der Waals surface area contributed by atoms with E-state index in [1.54, 1.807) is 0 Å². The number of nitrogens with zero attached hydrogens (tertiary/aromatic N) is 2. The number of rotatable bonds is 7. The smallest absolute Gasteiger partial charge is 0.0725 e. The first-order valence-electron chi connectivity index (χ1n) is 38.9. The summed E-state index contributed by atoms with van der Waals surface area (Å²) in [6.45, 7) is 0. The lowest BCUT2D eigenvalue weighted by atomic mass is 9.70. The Hall–Kier alpha value is -14.4. The zero-order valence-electron chi connectivity index (χ0n) is 61.5. The fourth-order valence-corrected chi connectivity index (χ4v) is 19.6. The molecule has 18 aromatic carbocycles. The molecular formula is C110H72N2. The van der Waals surface area contributed by atoms with E-state index in [0.717, 1.165) is 0 Å². The first-order chi connectivity index (χ1) is 55.6. The van der Waals surface area contributed by atoms with Crippen molar-refractivity contribution in [1.29, 1.82) is 0 Å². The van der Waals surface area contributed by atoms with Gasteiger partial charge in [0, 0.05) is 32.9 Å². The van der Waals surface area contributed by atoms with Crippen molar-refractivity contribution in [3.8, 4) is 112 Å². The van der Waals surface area contributed by atoms with Gasteiger partial charge in [-0.05, 0) is 217 Å². The maximum atomic E-state index is 2.48. The van der Waals surface area contributed by atoms with Gasteiger partial charge in [0.25, 0.3) is 0 Å². The van der Waals surface area contributed by atoms with Crippen molar-refractivity contribution in [2.75, 3.05) is 0 Å². The highest BCUT2D eigenvalue weighted by molar-refractivity contribution is 6.11. The van der Waals surface area contributed by atoms with Gasteiger partial charge >= 0.3 is 0 Å². The van der Waals surface area contributed by atoms with Gasteiger partial charge in [0.15, 0.2) is 0 Å². The largest absolute Gasteiger partial charge is 0.309 e. The standard InChI is InChI=1S/C43H28.C37H24.C30H20N2/c1-3-13-29(14-4-1)32-25-33(30-15-5-2-6-16-30)27-34(26-32)31-23-24-38-37-19-9-12-22-41(37)43(42(38)28-31)39-20-10-7-17-35(39)36-18-8-11-21-40(36)43;1-2-10-25(11-3-1)26-18-20-27(21-19-26)28-22-23-32-31-14-6-9-17-35(31)37(36(32)24-28)33-15-7-4-12-29(33)30-13-5-8-16-34(30)37;1-5-16-27-23(12-1)24-13-2-6-17-28(24)31(27)21-10-9-11-22(20-21)32-29-18-7-3-14-25(29)26-15-4-8-19-30(26)32/h1-28H;1-24H;1-20H. The molecule has 0 unspecified atom stereocenters. The minimum absolute atomic E-state index is 0.293. The lowest BCUT2D eigenvalue weighted by molar-refractivity contribution is 0.794. The van der Waals surface area contributed by atoms with Crippen LogP contribution in [0.3, 0.4) is 0 Å². The van der Waals surface area contributed by atoms with Crippen molar-refractivity contribution in [2.24, 2.45) is 0 Å². The molecule has 24 rings (SSSR count). The van der Waals surface area contributed by atoms with E-state index in [4.69, 9.17) is 0 Å². The highest BCUT2D eigenvalue weighted by Crippen LogP contribution is 2.65. The summed E-state index contributed by atoms with van der Waals surface area (Å²) in [4.78, 5) is 0. The zero-order valence-corrected chi connectivity index (χ0v) is 61.5. The third-order valence-electron chi connectivity index (χ3n) is 24.3. The van der Waals surface area contributed by atoms with E-state index in [0.29, 0.717) is 0 Å². The SMILES string of the molecule is c1cc(-n2c3ccccc3c3ccccc32)cc(-n2c3ccccc3c3ccccc32)c1.c1ccc(-c2cc(-c3ccccc3)cc(-c3ccc4c(c3)C3(c5ccccc5-c5ccccc53)c3ccccc3-4)c2)cc1.c1ccc(-c2ccc(-c3ccc4c(c3)C3(c5ccccc5-c5ccccc53)c3ccccc3-4)cc2)cc1. The Kier molecular flexibility index (Phi) is 15.1. The normalized spacial score (nSPS) is 13.0. The van der Waals surface area contributed by atoms with Gasteiger partial charge in [-0.1, -0.05) is 364 Å². The Morgan fingerprint density at radius 1 is 0.134 bits per heavy atom. The van der Waals surface area contributed by atoms with Crippen LogP contribution in [0.1, 0.15) is 44.5 Å². The van der Waals surface area contributed by atoms with Crippen LogP contribution in [0.15, 0.2) is 437 Å². The van der Waals surface area contributed by atoms with Crippen LogP contribution in [-0.2, 0) is 10.8 Å². The Labute approximate surface area is 652 Å². The van der Waals surface area contributed by atoms with Gasteiger partial charge in [-0.3, -0.25) is 0 Å². The van der Waals surface area contributed by atoms with Crippen LogP contribution in [0.4, 0.5) is 0 Å². The molecule has 0 radical (unpaired) electrons. The number of hydrogen-bond acceptors (Lipinski definition) is 0. The number of aromatic nitrogens is 2. The molecular weight excluding hydrogens is 1350 g/mol. The fraction of sp³-hybridized carbons (Fsp3) is 0.0182. The molecule has 0 saturated carbocycles. The monoisotopic (exact) mass is 1420 g/mol. The summed E-state index contributed by atoms with van der Waals surface area (Å²) in [7, 11) is 0. The Bertz CT molecular complexity index is 6690. The molecule has 4 aliphatic rings. The number of benzene rings is 18. The molecule has 2 heterocycles. The van der Waals surface area contributed by atoms with Gasteiger partial charge in [0.05, 0.1) is 32.9 Å². The summed E-state index contributed by atoms with van der Waals surface area (Å²) in [6, 6.07) is 160. The maximum absolute atomic E-state index is 2.48. The molecule has 20 aromatic rings. The molecule has 112 heavy (non-hydrogen) atoms. The van der Waals surface area contributed by atoms with Crippen molar-refractivity contribution < 1.29 is 0 Å². The molecule has 2 heteroatoms. The van der Waals surface area contributed by atoms with Crippen molar-refractivity contribution in [2.45, 2.75) is 10.8 Å². The van der Waals surface area contributed by atoms with Crippen LogP contribution in [0.25, 0.3) is 155 Å². The molecule has 4 aliphatic carbocycles. The second kappa shape index (κ2) is 26.2. The van der Waals surface area contributed by atoms with E-state index in [1.807, 2.05) is 0 Å². The van der Waals surface area contributed by atoms with E-state index >= 15 is 0 Å². The van der Waals surface area contributed by atoms with Crippen LogP contribution in [0, 0.1) is 0 Å². The topological polar surface area (TPSA) is 9.86 Å². The Balaban J connectivity index is 0.000000104. The van der Waals surface area contributed by atoms with Gasteiger partial charge in [0.2, 0.25) is 0 Å². The summed E-state index contributed by atoms with van der Waals surface area (Å²) in [5.41, 5.74) is 40.8. The lowest BCUT2D eigenvalue weighted by Gasteiger charge is -2.30. The van der Waals surface area contributed by atoms with E-state index in [1.165, 1.54) is 200 Å². The van der Waals surface area contributed by atoms with Crippen LogP contribution < -0.4 is 0 Å². The Morgan fingerprint density at radius 3 is 0.679 bits per heavy atom. The van der Waals surface area contributed by atoms with E-state index in [9.17, 15) is 0 Å². The molecule has 0 bridgehead atoms. The molecule has 2 aromatic heterocycles. The summed E-state index contributed by atoms with van der Waals surface area (Å²) in [5, 5.41) is 5.13. The number of para-hydroxylation sites is 4. The van der Waals surface area contributed by atoms with Crippen LogP contribution >= 0.6 is 0 Å². The van der Waals surface area contributed by atoms with Crippen LogP contribution in [0.5, 0.6) is 0 Å². The molecule has 0 N–H and O–H groups in total. The second-order valence-electron chi connectivity index (χ2n) is 30.0. The molecule has 0 atom stereocenters. The van der Waals surface area contributed by atoms with Crippen LogP contribution in [-0.4, -0.2) is 9.13 Å². The van der Waals surface area contributed by atoms with Gasteiger partial charge in [0.1, 0.15) is 0 Å². The molecule has 0 saturated heterocycles. The molecule has 2 nitrogen and oxygen atoms in total. The van der Waals surface area contributed by atoms with Gasteiger partial charge in [-0.25, -0.2) is 0 Å². The van der Waals surface area contributed by atoms with Crippen molar-refractivity contribution in [3.05, 3.63) is 481 Å². The maximum Gasteiger partial charge on any atom is 0.0725 e. The third-order valence-corrected chi connectivity index (χ3v) is 24.3. The van der Waals surface area contributed by atoms with Crippen molar-refractivity contribution >= 4 is 43.6 Å². The van der Waals surface area contributed by atoms with Gasteiger partial charge < -0.3 is 9.13 Å². The fourth-order valence-electron chi connectivity index (χ4n) is 19.6. The predicted molar refractivity (Wildman–Crippen MR) is 468 cm³/mol. The van der Waals surface area contributed by atoms with E-state index in [2.05, 4.69) is 446 Å². The molecule has 0 aliphatic heterocycles. The molecule has 522 valence electrons. The first-order valence-corrected chi connectivity index (χ1v) is 38.9. The first kappa shape index (κ1) is 64.7. The van der Waals surface area contributed by atoms with Crippen molar-refractivity contribution in [3.63, 3.8) is 0 Å². The highest BCUT2D eigenvalue weighted by atomic mass is 15.0. The molecule has 0 fully saturated rings. The average molecular weight is 1420 g/mol. The molecule has 2 spiro atoms. The number of fused-ring (bicyclic) bond motifs is 26. The summed E-state index contributed by atoms with van der Waals surface area (Å²) in [5.74, 6) is 0. The second-order valence-corrected chi connectivity index (χ2v) is 30.0. The van der Waals surface area contributed by atoms with Gasteiger partial charge in [-0.15, -0.1) is 0 Å². The van der Waals surface area contributed by atoms with E-state index in [-0.39, 0.29) is 10.8 Å². The quantitative estimate of drug-likeness (QED) is 0.151. The summed E-state index contributed by atoms with van der Waals surface area (Å²) < 4.78 is 4.75. The summed E-state index contributed by atoms with van der Waals surface area (Å²) in [6.07, 6.45) is 0. The minimum Gasteiger partial charge on any atom is -0.309 e. The third kappa shape index (κ3) is 9.92. The zero-order chi connectivity index (χ0) is 73.9. The number of hydrogen-bond donors (Lipinski definition) is 0. The van der Waals surface area contributed by atoms with Gasteiger partial charge in [-0.2, -0.15) is 0 Å². The lowest BCUT2D eigenvalue weighted by Crippen LogP contribution is -2.25. The molecule has 0 amide bonds. The van der Waals surface area contributed by atoms with Crippen LogP contribution in [0.2, 0.25) is 0 Å². The van der Waals surface area contributed by atoms with Crippen molar-refractivity contribution in [1.82, 2.24) is 9.13 Å².